The molecule has 0 aromatic heterocycles. The zero-order chi connectivity index (χ0) is 18.5. The Morgan fingerprint density at radius 2 is 1.65 bits per heavy atom. The van der Waals surface area contributed by atoms with Gasteiger partial charge in [-0.15, -0.1) is 0 Å². The highest BCUT2D eigenvalue weighted by Gasteiger charge is 2.22. The standard InChI is InChI=1S/C21H23ClN2O2/c1-16-6-8-18(9-7-16)21(26)24-11-3-10-23(12-13-24)20(25)15-17-4-2-5-19(22)14-17/h2,4-9,14H,3,10-13,15H2,1H3. The van der Waals surface area contributed by atoms with Crippen LogP contribution in [0, 0.1) is 6.92 Å². The van der Waals surface area contributed by atoms with Crippen LogP contribution in [0.3, 0.4) is 0 Å². The van der Waals surface area contributed by atoms with Crippen LogP contribution in [0.15, 0.2) is 48.5 Å². The van der Waals surface area contributed by atoms with Crippen LogP contribution in [0.2, 0.25) is 5.02 Å². The monoisotopic (exact) mass is 370 g/mol. The summed E-state index contributed by atoms with van der Waals surface area (Å²) >= 11 is 5.99. The van der Waals surface area contributed by atoms with Crippen molar-refractivity contribution < 1.29 is 9.59 Å². The molecule has 0 bridgehead atoms. The predicted molar refractivity (Wildman–Crippen MR) is 103 cm³/mol. The third-order valence-corrected chi connectivity index (χ3v) is 4.91. The van der Waals surface area contributed by atoms with Gasteiger partial charge in [0.25, 0.3) is 5.91 Å². The summed E-state index contributed by atoms with van der Waals surface area (Å²) in [7, 11) is 0. The van der Waals surface area contributed by atoms with E-state index in [0.717, 1.165) is 17.5 Å². The summed E-state index contributed by atoms with van der Waals surface area (Å²) in [5.74, 6) is 0.117. The van der Waals surface area contributed by atoms with Crippen molar-refractivity contribution in [2.75, 3.05) is 26.2 Å². The number of hydrogen-bond acceptors (Lipinski definition) is 2. The highest BCUT2D eigenvalue weighted by molar-refractivity contribution is 6.30. The minimum atomic E-state index is 0.0362. The van der Waals surface area contributed by atoms with E-state index in [1.807, 2.05) is 59.2 Å². The zero-order valence-electron chi connectivity index (χ0n) is 15.0. The van der Waals surface area contributed by atoms with Gasteiger partial charge in [0.15, 0.2) is 0 Å². The molecule has 3 rings (SSSR count). The third kappa shape index (κ3) is 4.64. The maximum Gasteiger partial charge on any atom is 0.253 e. The van der Waals surface area contributed by atoms with Gasteiger partial charge in [0.2, 0.25) is 5.91 Å². The fourth-order valence-corrected chi connectivity index (χ4v) is 3.39. The van der Waals surface area contributed by atoms with E-state index < -0.39 is 0 Å². The van der Waals surface area contributed by atoms with E-state index >= 15 is 0 Å². The first-order valence-corrected chi connectivity index (χ1v) is 9.29. The van der Waals surface area contributed by atoms with Gasteiger partial charge in [-0.2, -0.15) is 0 Å². The summed E-state index contributed by atoms with van der Waals surface area (Å²) in [5.41, 5.74) is 2.75. The first-order valence-electron chi connectivity index (χ1n) is 8.91. The molecule has 0 spiro atoms. The first kappa shape index (κ1) is 18.5. The number of carbonyl (C=O) groups is 2. The number of nitrogens with zero attached hydrogens (tertiary/aromatic N) is 2. The van der Waals surface area contributed by atoms with Gasteiger partial charge in [0, 0.05) is 36.8 Å². The van der Waals surface area contributed by atoms with Gasteiger partial charge in [-0.3, -0.25) is 9.59 Å². The second-order valence-corrected chi connectivity index (χ2v) is 7.14. The molecule has 2 amide bonds. The summed E-state index contributed by atoms with van der Waals surface area (Å²) in [6.45, 7) is 4.49. The fraction of sp³-hybridized carbons (Fsp3) is 0.333. The number of benzene rings is 2. The lowest BCUT2D eigenvalue weighted by Crippen LogP contribution is -2.38. The Bertz CT molecular complexity index is 789. The van der Waals surface area contributed by atoms with Gasteiger partial charge in [0.1, 0.15) is 0 Å². The SMILES string of the molecule is Cc1ccc(C(=O)N2CCCN(C(=O)Cc3cccc(Cl)c3)CC2)cc1. The van der Waals surface area contributed by atoms with Crippen LogP contribution in [0.25, 0.3) is 0 Å². The predicted octanol–water partition coefficient (Wildman–Crippen LogP) is 3.57. The minimum Gasteiger partial charge on any atom is -0.341 e. The average Bonchev–Trinajstić information content (AvgIpc) is 2.88. The smallest absolute Gasteiger partial charge is 0.253 e. The number of aryl methyl sites for hydroxylation is 1. The Balaban J connectivity index is 1.59. The fourth-order valence-electron chi connectivity index (χ4n) is 3.18. The summed E-state index contributed by atoms with van der Waals surface area (Å²) in [4.78, 5) is 29.0. The molecule has 1 aliphatic rings. The summed E-state index contributed by atoms with van der Waals surface area (Å²) in [6, 6.07) is 15.0. The van der Waals surface area contributed by atoms with E-state index in [9.17, 15) is 9.59 Å². The molecule has 0 unspecified atom stereocenters. The molecule has 136 valence electrons. The zero-order valence-corrected chi connectivity index (χ0v) is 15.7. The van der Waals surface area contributed by atoms with E-state index in [4.69, 9.17) is 11.6 Å². The van der Waals surface area contributed by atoms with Crippen molar-refractivity contribution >= 4 is 23.4 Å². The number of amides is 2. The van der Waals surface area contributed by atoms with Gasteiger partial charge in [-0.05, 0) is 43.2 Å². The Morgan fingerprint density at radius 3 is 2.38 bits per heavy atom. The van der Waals surface area contributed by atoms with E-state index in [-0.39, 0.29) is 11.8 Å². The molecular weight excluding hydrogens is 348 g/mol. The van der Waals surface area contributed by atoms with Crippen LogP contribution in [0.4, 0.5) is 0 Å². The maximum atomic E-state index is 12.7. The molecule has 0 N–H and O–H groups in total. The van der Waals surface area contributed by atoms with Crippen molar-refractivity contribution in [1.82, 2.24) is 9.80 Å². The van der Waals surface area contributed by atoms with E-state index in [1.54, 1.807) is 6.07 Å². The minimum absolute atomic E-state index is 0.0362. The molecular formula is C21H23ClN2O2. The van der Waals surface area contributed by atoms with Gasteiger partial charge < -0.3 is 9.80 Å². The molecule has 0 atom stereocenters. The normalized spacial score (nSPS) is 14.8. The summed E-state index contributed by atoms with van der Waals surface area (Å²) in [5, 5.41) is 0.640. The van der Waals surface area contributed by atoms with Crippen molar-refractivity contribution in [3.63, 3.8) is 0 Å². The maximum absolute atomic E-state index is 12.7. The quantitative estimate of drug-likeness (QED) is 0.828. The lowest BCUT2D eigenvalue weighted by Gasteiger charge is -2.22. The number of carbonyl (C=O) groups excluding carboxylic acids is 2. The molecule has 2 aromatic rings. The second-order valence-electron chi connectivity index (χ2n) is 6.70. The highest BCUT2D eigenvalue weighted by atomic mass is 35.5. The Labute approximate surface area is 159 Å². The van der Waals surface area contributed by atoms with Crippen LogP contribution < -0.4 is 0 Å². The Kier molecular flexibility index (Phi) is 5.94. The third-order valence-electron chi connectivity index (χ3n) is 4.68. The molecule has 1 fully saturated rings. The van der Waals surface area contributed by atoms with Crippen molar-refractivity contribution in [2.24, 2.45) is 0 Å². The van der Waals surface area contributed by atoms with E-state index in [0.29, 0.717) is 43.2 Å². The van der Waals surface area contributed by atoms with Crippen LogP contribution in [-0.4, -0.2) is 47.8 Å². The van der Waals surface area contributed by atoms with Crippen LogP contribution in [0.1, 0.15) is 27.9 Å². The number of rotatable bonds is 3. The molecule has 1 aliphatic heterocycles. The average molecular weight is 371 g/mol. The first-order chi connectivity index (χ1) is 12.5. The van der Waals surface area contributed by atoms with Crippen molar-refractivity contribution in [3.8, 4) is 0 Å². The molecule has 0 radical (unpaired) electrons. The van der Waals surface area contributed by atoms with Gasteiger partial charge >= 0.3 is 0 Å². The van der Waals surface area contributed by atoms with Crippen molar-refractivity contribution in [3.05, 3.63) is 70.2 Å². The van der Waals surface area contributed by atoms with E-state index in [2.05, 4.69) is 0 Å². The molecule has 26 heavy (non-hydrogen) atoms. The Hall–Kier alpha value is -2.33. The molecule has 0 aliphatic carbocycles. The number of halogens is 1. The molecule has 4 nitrogen and oxygen atoms in total. The van der Waals surface area contributed by atoms with Gasteiger partial charge in [0.05, 0.1) is 6.42 Å². The van der Waals surface area contributed by atoms with Crippen molar-refractivity contribution in [1.29, 1.82) is 0 Å². The summed E-state index contributed by atoms with van der Waals surface area (Å²) in [6.07, 6.45) is 1.13. The Morgan fingerprint density at radius 1 is 0.962 bits per heavy atom. The number of hydrogen-bond donors (Lipinski definition) is 0. The largest absolute Gasteiger partial charge is 0.341 e. The molecule has 1 heterocycles. The van der Waals surface area contributed by atoms with Crippen LogP contribution in [-0.2, 0) is 11.2 Å². The highest BCUT2D eigenvalue weighted by Crippen LogP contribution is 2.14. The lowest BCUT2D eigenvalue weighted by atomic mass is 10.1. The molecule has 5 heteroatoms. The molecule has 1 saturated heterocycles. The topological polar surface area (TPSA) is 40.6 Å². The van der Waals surface area contributed by atoms with E-state index in [1.165, 1.54) is 0 Å². The van der Waals surface area contributed by atoms with Crippen LogP contribution >= 0.6 is 11.6 Å². The van der Waals surface area contributed by atoms with Crippen molar-refractivity contribution in [2.45, 2.75) is 19.8 Å². The molecule has 0 saturated carbocycles. The van der Waals surface area contributed by atoms with Crippen LogP contribution in [0.5, 0.6) is 0 Å². The van der Waals surface area contributed by atoms with Gasteiger partial charge in [-0.25, -0.2) is 0 Å². The lowest BCUT2D eigenvalue weighted by molar-refractivity contribution is -0.130. The molecule has 2 aromatic carbocycles. The summed E-state index contributed by atoms with van der Waals surface area (Å²) < 4.78 is 0. The second kappa shape index (κ2) is 8.37. The van der Waals surface area contributed by atoms with Gasteiger partial charge in [-0.1, -0.05) is 41.4 Å².